The molecule has 67 valence electrons. The monoisotopic (exact) mass is 175 g/mol. The van der Waals surface area contributed by atoms with E-state index < -0.39 is 8.56 Å². The van der Waals surface area contributed by atoms with Crippen molar-refractivity contribution in [3.8, 4) is 0 Å². The summed E-state index contributed by atoms with van der Waals surface area (Å²) in [6.45, 7) is 4.25. The Bertz CT molecular complexity index is 92.1. The highest BCUT2D eigenvalue weighted by Crippen LogP contribution is 2.12. The van der Waals surface area contributed by atoms with E-state index in [2.05, 4.69) is 19.5 Å². The zero-order valence-corrected chi connectivity index (χ0v) is 9.02. The van der Waals surface area contributed by atoms with Crippen LogP contribution in [0, 0.1) is 6.04 Å². The second-order valence-corrected chi connectivity index (χ2v) is 6.03. The van der Waals surface area contributed by atoms with Crippen molar-refractivity contribution in [2.24, 2.45) is 0 Å². The summed E-state index contributed by atoms with van der Waals surface area (Å²) in [5.41, 5.74) is 0. The van der Waals surface area contributed by atoms with Crippen molar-refractivity contribution in [1.82, 2.24) is 0 Å². The molecule has 0 spiro atoms. The van der Waals surface area contributed by atoms with Gasteiger partial charge in [-0.05, 0) is 13.0 Å². The van der Waals surface area contributed by atoms with Crippen molar-refractivity contribution in [3.05, 3.63) is 6.04 Å². The maximum atomic E-state index is 5.29. The first-order chi connectivity index (χ1) is 5.18. The number of hydrogen-bond acceptors (Lipinski definition) is 2. The summed E-state index contributed by atoms with van der Waals surface area (Å²) < 4.78 is 10.6. The molecule has 0 heterocycles. The van der Waals surface area contributed by atoms with Crippen LogP contribution in [0.5, 0.6) is 0 Å². The van der Waals surface area contributed by atoms with Crippen LogP contribution in [0.2, 0.25) is 6.55 Å². The summed E-state index contributed by atoms with van der Waals surface area (Å²) in [6.07, 6.45) is 3.57. The van der Waals surface area contributed by atoms with Crippen LogP contribution >= 0.6 is 0 Å². The smallest absolute Gasteiger partial charge is 0.337 e. The van der Waals surface area contributed by atoms with E-state index in [1.54, 1.807) is 14.2 Å². The van der Waals surface area contributed by atoms with E-state index in [9.17, 15) is 0 Å². The van der Waals surface area contributed by atoms with Gasteiger partial charge in [0.2, 0.25) is 0 Å². The highest BCUT2D eigenvalue weighted by molar-refractivity contribution is 6.69. The molecule has 0 aliphatic rings. The largest absolute Gasteiger partial charge is 0.398 e. The van der Waals surface area contributed by atoms with Gasteiger partial charge >= 0.3 is 8.56 Å². The quantitative estimate of drug-likeness (QED) is 0.455. The Labute approximate surface area is 71.1 Å². The van der Waals surface area contributed by atoms with Gasteiger partial charge in [0, 0.05) is 20.3 Å². The molecule has 0 fully saturated rings. The zero-order valence-electron chi connectivity index (χ0n) is 8.02. The molecule has 0 saturated carbocycles. The average molecular weight is 175 g/mol. The maximum absolute atomic E-state index is 5.29. The van der Waals surface area contributed by atoms with Crippen molar-refractivity contribution in [2.45, 2.75) is 32.7 Å². The van der Waals surface area contributed by atoms with Gasteiger partial charge in [0.05, 0.1) is 0 Å². The third kappa shape index (κ3) is 4.56. The van der Waals surface area contributed by atoms with Gasteiger partial charge in [-0.2, -0.15) is 0 Å². The number of unbranched alkanes of at least 4 members (excludes halogenated alkanes) is 2. The normalized spacial score (nSPS) is 12.0. The Morgan fingerprint density at radius 1 is 1.27 bits per heavy atom. The lowest BCUT2D eigenvalue weighted by Crippen LogP contribution is -2.37. The van der Waals surface area contributed by atoms with Gasteiger partial charge in [0.1, 0.15) is 0 Å². The molecule has 0 saturated heterocycles. The molecule has 3 heteroatoms. The topological polar surface area (TPSA) is 18.5 Å². The van der Waals surface area contributed by atoms with Crippen molar-refractivity contribution in [3.63, 3.8) is 0 Å². The van der Waals surface area contributed by atoms with E-state index in [0.717, 1.165) is 6.42 Å². The van der Waals surface area contributed by atoms with Crippen molar-refractivity contribution in [2.75, 3.05) is 14.2 Å². The second-order valence-electron chi connectivity index (χ2n) is 2.77. The molecule has 0 aliphatic heterocycles. The van der Waals surface area contributed by atoms with Crippen LogP contribution in [-0.2, 0) is 8.85 Å². The van der Waals surface area contributed by atoms with Gasteiger partial charge in [-0.3, -0.25) is 0 Å². The third-order valence-corrected chi connectivity index (χ3v) is 4.53. The molecule has 0 bridgehead atoms. The first-order valence-corrected chi connectivity index (χ1v) is 6.52. The van der Waals surface area contributed by atoms with Crippen LogP contribution < -0.4 is 0 Å². The highest BCUT2D eigenvalue weighted by Gasteiger charge is 2.27. The van der Waals surface area contributed by atoms with E-state index in [1.165, 1.54) is 12.8 Å². The number of rotatable bonds is 6. The summed E-state index contributed by atoms with van der Waals surface area (Å²) >= 11 is 0. The zero-order chi connectivity index (χ0) is 8.74. The lowest BCUT2D eigenvalue weighted by molar-refractivity contribution is 0.257. The van der Waals surface area contributed by atoms with Gasteiger partial charge in [-0.15, -0.1) is 0 Å². The van der Waals surface area contributed by atoms with Crippen LogP contribution in [0.1, 0.15) is 26.2 Å². The minimum Gasteiger partial charge on any atom is -0.398 e. The van der Waals surface area contributed by atoms with E-state index in [-0.39, 0.29) is 0 Å². The Hall–Kier alpha value is 0.137. The highest BCUT2D eigenvalue weighted by atomic mass is 28.4. The second kappa shape index (κ2) is 5.74. The van der Waals surface area contributed by atoms with Crippen LogP contribution in [-0.4, -0.2) is 22.8 Å². The van der Waals surface area contributed by atoms with Gasteiger partial charge in [-0.1, -0.05) is 19.8 Å². The van der Waals surface area contributed by atoms with Gasteiger partial charge in [0.25, 0.3) is 0 Å². The first-order valence-electron chi connectivity index (χ1n) is 4.13. The molecule has 0 unspecified atom stereocenters. The summed E-state index contributed by atoms with van der Waals surface area (Å²) in [7, 11) is 1.58. The van der Waals surface area contributed by atoms with Crippen LogP contribution in [0.3, 0.4) is 0 Å². The fraction of sp³-hybridized carbons (Fsp3) is 0.875. The average Bonchev–Trinajstić information content (AvgIpc) is 2.05. The van der Waals surface area contributed by atoms with Crippen LogP contribution in [0.4, 0.5) is 0 Å². The molecule has 1 radical (unpaired) electrons. The molecule has 0 amide bonds. The molecule has 0 aromatic carbocycles. The fourth-order valence-corrected chi connectivity index (χ4v) is 2.05. The summed E-state index contributed by atoms with van der Waals surface area (Å²) in [5.74, 6) is 0. The molecule has 0 aromatic rings. The molecule has 0 aliphatic carbocycles. The van der Waals surface area contributed by atoms with Crippen molar-refractivity contribution in [1.29, 1.82) is 0 Å². The Kier molecular flexibility index (Phi) is 5.82. The number of hydrogen-bond donors (Lipinski definition) is 0. The first kappa shape index (κ1) is 11.1. The SMILES string of the molecule is CCCC[CH][Si](C)(OC)OC. The molecule has 11 heavy (non-hydrogen) atoms. The molecule has 0 rings (SSSR count). The third-order valence-electron chi connectivity index (χ3n) is 1.88. The Morgan fingerprint density at radius 2 is 1.82 bits per heavy atom. The Balaban J connectivity index is 3.51. The molecular weight excluding hydrogens is 156 g/mol. The van der Waals surface area contributed by atoms with E-state index in [4.69, 9.17) is 8.85 Å². The van der Waals surface area contributed by atoms with Crippen molar-refractivity contribution < 1.29 is 8.85 Å². The summed E-state index contributed by atoms with van der Waals surface area (Å²) in [5, 5.41) is 0. The summed E-state index contributed by atoms with van der Waals surface area (Å²) in [6, 6.07) is 2.20. The molecule has 0 atom stereocenters. The minimum absolute atomic E-state index is 1.11. The van der Waals surface area contributed by atoms with Crippen LogP contribution in [0.15, 0.2) is 0 Å². The Morgan fingerprint density at radius 3 is 2.18 bits per heavy atom. The summed E-state index contributed by atoms with van der Waals surface area (Å²) in [4.78, 5) is 0. The lowest BCUT2D eigenvalue weighted by atomic mass is 10.3. The molecule has 0 N–H and O–H groups in total. The van der Waals surface area contributed by atoms with E-state index in [1.807, 2.05) is 0 Å². The van der Waals surface area contributed by atoms with Crippen LogP contribution in [0.25, 0.3) is 0 Å². The van der Waals surface area contributed by atoms with E-state index in [0.29, 0.717) is 0 Å². The predicted molar refractivity (Wildman–Crippen MR) is 49.5 cm³/mol. The maximum Gasteiger partial charge on any atom is 0.337 e. The minimum atomic E-state index is -1.86. The predicted octanol–water partition coefficient (Wildman–Crippen LogP) is 2.28. The van der Waals surface area contributed by atoms with Gasteiger partial charge in [0.15, 0.2) is 0 Å². The molecule has 0 aromatic heterocycles. The standard InChI is InChI=1S/C8H19O2Si/c1-5-6-7-8-11(4,9-2)10-3/h8H,5-7H2,1-4H3. The molecular formula is C8H19O2Si. The fourth-order valence-electron chi connectivity index (χ4n) is 0.818. The van der Waals surface area contributed by atoms with E-state index >= 15 is 0 Å². The lowest BCUT2D eigenvalue weighted by Gasteiger charge is -2.21. The van der Waals surface area contributed by atoms with Gasteiger partial charge < -0.3 is 8.85 Å². The van der Waals surface area contributed by atoms with Crippen molar-refractivity contribution >= 4 is 8.56 Å². The van der Waals surface area contributed by atoms with Gasteiger partial charge in [-0.25, -0.2) is 0 Å². The molecule has 2 nitrogen and oxygen atoms in total.